The van der Waals surface area contributed by atoms with Gasteiger partial charge in [-0.3, -0.25) is 4.79 Å². The third-order valence-electron chi connectivity index (χ3n) is 2.78. The molecule has 4 heteroatoms. The maximum absolute atomic E-state index is 11.9. The Bertz CT molecular complexity index is 520. The minimum absolute atomic E-state index is 0.0195. The summed E-state index contributed by atoms with van der Waals surface area (Å²) in [5, 5.41) is 2.01. The molecule has 0 aliphatic carbocycles. The van der Waals surface area contributed by atoms with E-state index in [9.17, 15) is 4.79 Å². The SMILES string of the molecule is CC.Cc1ccc(OCC(=O)N(C)Cc2cccs2)cc1. The minimum Gasteiger partial charge on any atom is -0.484 e. The van der Waals surface area contributed by atoms with Gasteiger partial charge in [0.05, 0.1) is 6.54 Å². The van der Waals surface area contributed by atoms with E-state index in [4.69, 9.17) is 4.74 Å². The van der Waals surface area contributed by atoms with Crippen LogP contribution in [0.4, 0.5) is 0 Å². The number of amides is 1. The molecular weight excluding hydrogens is 282 g/mol. The van der Waals surface area contributed by atoms with Gasteiger partial charge >= 0.3 is 0 Å². The molecule has 0 aliphatic rings. The lowest BCUT2D eigenvalue weighted by molar-refractivity contribution is -0.132. The Labute approximate surface area is 131 Å². The standard InChI is InChI=1S/C15H17NO2S.C2H6/c1-12-5-7-13(8-6-12)18-11-15(17)16(2)10-14-4-3-9-19-14;1-2/h3-9H,10-11H2,1-2H3;1-2H3. The van der Waals surface area contributed by atoms with Gasteiger partial charge in [0.25, 0.3) is 5.91 Å². The molecule has 1 aromatic carbocycles. The molecule has 1 heterocycles. The summed E-state index contributed by atoms with van der Waals surface area (Å²) in [6, 6.07) is 11.7. The van der Waals surface area contributed by atoms with Crippen molar-refractivity contribution in [2.45, 2.75) is 27.3 Å². The van der Waals surface area contributed by atoms with Crippen LogP contribution in [0.15, 0.2) is 41.8 Å². The lowest BCUT2D eigenvalue weighted by Gasteiger charge is -2.16. The first-order valence-electron chi connectivity index (χ1n) is 7.11. The second-order valence-electron chi connectivity index (χ2n) is 4.43. The maximum atomic E-state index is 11.9. The van der Waals surface area contributed by atoms with Gasteiger partial charge in [-0.05, 0) is 30.5 Å². The molecule has 0 atom stereocenters. The van der Waals surface area contributed by atoms with Crippen molar-refractivity contribution < 1.29 is 9.53 Å². The fourth-order valence-electron chi connectivity index (χ4n) is 1.61. The van der Waals surface area contributed by atoms with E-state index in [1.54, 1.807) is 23.3 Å². The van der Waals surface area contributed by atoms with Crippen LogP contribution in [-0.4, -0.2) is 24.5 Å². The van der Waals surface area contributed by atoms with Crippen LogP contribution in [0.2, 0.25) is 0 Å². The van der Waals surface area contributed by atoms with E-state index in [0.29, 0.717) is 6.54 Å². The summed E-state index contributed by atoms with van der Waals surface area (Å²) in [5.41, 5.74) is 1.17. The van der Waals surface area contributed by atoms with Crippen LogP contribution in [0.25, 0.3) is 0 Å². The molecule has 0 saturated carbocycles. The van der Waals surface area contributed by atoms with Crippen LogP contribution < -0.4 is 4.74 Å². The predicted molar refractivity (Wildman–Crippen MR) is 88.8 cm³/mol. The molecular formula is C17H23NO2S. The molecule has 0 unspecified atom stereocenters. The Kier molecular flexibility index (Phi) is 7.54. The van der Waals surface area contributed by atoms with E-state index in [-0.39, 0.29) is 12.5 Å². The first kappa shape index (κ1) is 17.2. The third kappa shape index (κ3) is 6.00. The minimum atomic E-state index is -0.0195. The van der Waals surface area contributed by atoms with Gasteiger partial charge in [-0.2, -0.15) is 0 Å². The summed E-state index contributed by atoms with van der Waals surface area (Å²) in [6.07, 6.45) is 0. The zero-order valence-corrected chi connectivity index (χ0v) is 13.9. The first-order chi connectivity index (χ1) is 10.1. The fraction of sp³-hybridized carbons (Fsp3) is 0.353. The number of thiophene rings is 1. The number of aryl methyl sites for hydroxylation is 1. The van der Waals surface area contributed by atoms with Gasteiger partial charge in [0, 0.05) is 11.9 Å². The Hall–Kier alpha value is -1.81. The molecule has 1 aromatic heterocycles. The maximum Gasteiger partial charge on any atom is 0.260 e. The summed E-state index contributed by atoms with van der Waals surface area (Å²) in [4.78, 5) is 14.8. The smallest absolute Gasteiger partial charge is 0.260 e. The van der Waals surface area contributed by atoms with Gasteiger partial charge in [0.1, 0.15) is 5.75 Å². The number of rotatable bonds is 5. The van der Waals surface area contributed by atoms with E-state index in [1.807, 2.05) is 62.5 Å². The average Bonchev–Trinajstić information content (AvgIpc) is 3.01. The summed E-state index contributed by atoms with van der Waals surface area (Å²) in [7, 11) is 1.79. The second-order valence-corrected chi connectivity index (χ2v) is 5.46. The molecule has 0 N–H and O–H groups in total. The van der Waals surface area contributed by atoms with Crippen molar-refractivity contribution in [1.29, 1.82) is 0 Å². The van der Waals surface area contributed by atoms with Crippen molar-refractivity contribution in [3.05, 3.63) is 52.2 Å². The van der Waals surface area contributed by atoms with E-state index in [0.717, 1.165) is 5.75 Å². The van der Waals surface area contributed by atoms with Crippen LogP contribution in [0.3, 0.4) is 0 Å². The summed E-state index contributed by atoms with van der Waals surface area (Å²) >= 11 is 1.65. The van der Waals surface area contributed by atoms with Crippen molar-refractivity contribution in [2.24, 2.45) is 0 Å². The number of likely N-dealkylation sites (N-methyl/N-ethyl adjacent to an activating group) is 1. The fourth-order valence-corrected chi connectivity index (χ4v) is 2.37. The van der Waals surface area contributed by atoms with E-state index < -0.39 is 0 Å². The van der Waals surface area contributed by atoms with Crippen molar-refractivity contribution >= 4 is 17.2 Å². The highest BCUT2D eigenvalue weighted by Crippen LogP contribution is 2.13. The molecule has 0 radical (unpaired) electrons. The monoisotopic (exact) mass is 305 g/mol. The van der Waals surface area contributed by atoms with Crippen LogP contribution in [0.1, 0.15) is 24.3 Å². The zero-order valence-electron chi connectivity index (χ0n) is 13.1. The lowest BCUT2D eigenvalue weighted by Crippen LogP contribution is -2.30. The van der Waals surface area contributed by atoms with Gasteiger partial charge in [-0.25, -0.2) is 0 Å². The number of benzene rings is 1. The topological polar surface area (TPSA) is 29.5 Å². The van der Waals surface area contributed by atoms with E-state index in [2.05, 4.69) is 0 Å². The summed E-state index contributed by atoms with van der Waals surface area (Å²) < 4.78 is 5.48. The quantitative estimate of drug-likeness (QED) is 0.831. The molecule has 3 nitrogen and oxygen atoms in total. The number of carbonyl (C=O) groups is 1. The average molecular weight is 305 g/mol. The molecule has 1 amide bonds. The van der Waals surface area contributed by atoms with Crippen molar-refractivity contribution in [2.75, 3.05) is 13.7 Å². The normalized spacial score (nSPS) is 9.52. The van der Waals surface area contributed by atoms with Crippen molar-refractivity contribution in [1.82, 2.24) is 4.90 Å². The Morgan fingerprint density at radius 1 is 1.19 bits per heavy atom. The van der Waals surface area contributed by atoms with Crippen LogP contribution >= 0.6 is 11.3 Å². The van der Waals surface area contributed by atoms with Crippen LogP contribution in [0, 0.1) is 6.92 Å². The highest BCUT2D eigenvalue weighted by molar-refractivity contribution is 7.09. The molecule has 0 spiro atoms. The van der Waals surface area contributed by atoms with E-state index in [1.165, 1.54) is 10.4 Å². The van der Waals surface area contributed by atoms with Gasteiger partial charge in [-0.1, -0.05) is 37.6 Å². The number of ether oxygens (including phenoxy) is 1. The Morgan fingerprint density at radius 2 is 1.86 bits per heavy atom. The molecule has 2 rings (SSSR count). The second kappa shape index (κ2) is 9.19. The number of nitrogens with zero attached hydrogens (tertiary/aromatic N) is 1. The van der Waals surface area contributed by atoms with Gasteiger partial charge in [0.2, 0.25) is 0 Å². The molecule has 0 bridgehead atoms. The first-order valence-corrected chi connectivity index (χ1v) is 7.99. The Morgan fingerprint density at radius 3 is 2.43 bits per heavy atom. The van der Waals surface area contributed by atoms with Gasteiger partial charge in [0.15, 0.2) is 6.61 Å². The third-order valence-corrected chi connectivity index (χ3v) is 3.64. The van der Waals surface area contributed by atoms with E-state index >= 15 is 0 Å². The van der Waals surface area contributed by atoms with Gasteiger partial charge < -0.3 is 9.64 Å². The predicted octanol–water partition coefficient (Wildman–Crippen LogP) is 4.12. The van der Waals surface area contributed by atoms with Crippen molar-refractivity contribution in [3.63, 3.8) is 0 Å². The largest absolute Gasteiger partial charge is 0.484 e. The molecule has 0 fully saturated rings. The molecule has 0 saturated heterocycles. The zero-order chi connectivity index (χ0) is 15.7. The highest BCUT2D eigenvalue weighted by atomic mass is 32.1. The lowest BCUT2D eigenvalue weighted by atomic mass is 10.2. The molecule has 114 valence electrons. The van der Waals surface area contributed by atoms with Gasteiger partial charge in [-0.15, -0.1) is 11.3 Å². The van der Waals surface area contributed by atoms with Crippen LogP contribution in [0.5, 0.6) is 5.75 Å². The molecule has 2 aromatic rings. The molecule has 0 aliphatic heterocycles. The van der Waals surface area contributed by atoms with Crippen LogP contribution in [-0.2, 0) is 11.3 Å². The molecule has 21 heavy (non-hydrogen) atoms. The number of hydrogen-bond donors (Lipinski definition) is 0. The summed E-state index contributed by atoms with van der Waals surface area (Å²) in [6.45, 7) is 6.72. The van der Waals surface area contributed by atoms with Crippen molar-refractivity contribution in [3.8, 4) is 5.75 Å². The number of hydrogen-bond acceptors (Lipinski definition) is 3. The summed E-state index contributed by atoms with van der Waals surface area (Å²) in [5.74, 6) is 0.706. The Balaban J connectivity index is 0.00000106. The highest BCUT2D eigenvalue weighted by Gasteiger charge is 2.10. The number of carbonyl (C=O) groups excluding carboxylic acids is 1.